The van der Waals surface area contributed by atoms with Crippen molar-refractivity contribution in [3.05, 3.63) is 59.7 Å². The summed E-state index contributed by atoms with van der Waals surface area (Å²) < 4.78 is 0. The van der Waals surface area contributed by atoms with E-state index in [4.69, 9.17) is 5.73 Å². The lowest BCUT2D eigenvalue weighted by atomic mass is 10.1. The van der Waals surface area contributed by atoms with Crippen molar-refractivity contribution in [3.63, 3.8) is 0 Å². The second kappa shape index (κ2) is 6.10. The fourth-order valence-corrected chi connectivity index (χ4v) is 1.98. The Morgan fingerprint density at radius 2 is 1.55 bits per heavy atom. The molecule has 0 fully saturated rings. The highest BCUT2D eigenvalue weighted by Gasteiger charge is 2.05. The van der Waals surface area contributed by atoms with Crippen molar-refractivity contribution in [2.45, 2.75) is 19.9 Å². The van der Waals surface area contributed by atoms with Crippen molar-refractivity contribution in [3.8, 4) is 0 Å². The molecule has 1 unspecified atom stereocenters. The quantitative estimate of drug-likeness (QED) is 0.793. The Morgan fingerprint density at radius 3 is 2.10 bits per heavy atom. The summed E-state index contributed by atoms with van der Waals surface area (Å²) in [5.74, 6) is 0. The summed E-state index contributed by atoms with van der Waals surface area (Å²) >= 11 is 0. The molecule has 4 heteroatoms. The third-order valence-corrected chi connectivity index (χ3v) is 3.11. The number of anilines is 2. The Kier molecular flexibility index (Phi) is 4.25. The van der Waals surface area contributed by atoms with Crippen LogP contribution < -0.4 is 16.4 Å². The molecule has 0 spiro atoms. The average Bonchev–Trinajstić information content (AvgIpc) is 2.41. The molecule has 2 aromatic rings. The summed E-state index contributed by atoms with van der Waals surface area (Å²) in [5, 5.41) is 5.98. The van der Waals surface area contributed by atoms with E-state index in [0.29, 0.717) is 5.69 Å². The molecule has 2 amide bonds. The summed E-state index contributed by atoms with van der Waals surface area (Å²) in [6.45, 7) is 4.16. The van der Waals surface area contributed by atoms with Crippen molar-refractivity contribution in [2.24, 2.45) is 5.73 Å². The molecular weight excluding hydrogens is 250 g/mol. The minimum atomic E-state index is -0.552. The number of nitrogens with two attached hydrogens (primary N) is 1. The highest BCUT2D eigenvalue weighted by Crippen LogP contribution is 2.21. The van der Waals surface area contributed by atoms with E-state index in [2.05, 4.69) is 48.7 Å². The molecule has 0 aliphatic rings. The standard InChI is InChI=1S/C16H19N3O/c1-11-3-7-14(8-4-11)18-12(2)13-5-9-15(10-6-13)19-16(17)20/h3-10,12,18H,1-2H3,(H3,17,19,20). The molecule has 0 saturated heterocycles. The van der Waals surface area contributed by atoms with Gasteiger partial charge in [-0.05, 0) is 43.7 Å². The number of aryl methyl sites for hydroxylation is 1. The van der Waals surface area contributed by atoms with Gasteiger partial charge in [-0.3, -0.25) is 0 Å². The van der Waals surface area contributed by atoms with E-state index in [9.17, 15) is 4.79 Å². The van der Waals surface area contributed by atoms with E-state index in [0.717, 1.165) is 11.3 Å². The van der Waals surface area contributed by atoms with Crippen LogP contribution in [0, 0.1) is 6.92 Å². The minimum Gasteiger partial charge on any atom is -0.379 e. The lowest BCUT2D eigenvalue weighted by Crippen LogP contribution is -2.19. The van der Waals surface area contributed by atoms with Crippen LogP contribution >= 0.6 is 0 Å². The largest absolute Gasteiger partial charge is 0.379 e. The van der Waals surface area contributed by atoms with Crippen molar-refractivity contribution in [1.29, 1.82) is 0 Å². The molecule has 20 heavy (non-hydrogen) atoms. The molecule has 2 rings (SSSR count). The number of carbonyl (C=O) groups excluding carboxylic acids is 1. The molecular formula is C16H19N3O. The van der Waals surface area contributed by atoms with Gasteiger partial charge in [0, 0.05) is 17.4 Å². The lowest BCUT2D eigenvalue weighted by molar-refractivity contribution is 0.259. The van der Waals surface area contributed by atoms with Crippen LogP contribution in [0.5, 0.6) is 0 Å². The maximum absolute atomic E-state index is 10.8. The number of rotatable bonds is 4. The Labute approximate surface area is 119 Å². The van der Waals surface area contributed by atoms with Gasteiger partial charge in [-0.2, -0.15) is 0 Å². The van der Waals surface area contributed by atoms with Gasteiger partial charge < -0.3 is 16.4 Å². The number of primary amides is 1. The van der Waals surface area contributed by atoms with Gasteiger partial charge in [0.2, 0.25) is 0 Å². The number of hydrogen-bond donors (Lipinski definition) is 3. The molecule has 0 radical (unpaired) electrons. The molecule has 4 N–H and O–H groups in total. The van der Waals surface area contributed by atoms with Gasteiger partial charge in [0.05, 0.1) is 0 Å². The van der Waals surface area contributed by atoms with Gasteiger partial charge in [-0.25, -0.2) is 4.79 Å². The Balaban J connectivity index is 2.03. The van der Waals surface area contributed by atoms with Gasteiger partial charge >= 0.3 is 6.03 Å². The first-order valence-corrected chi connectivity index (χ1v) is 6.54. The van der Waals surface area contributed by atoms with Crippen molar-refractivity contribution in [1.82, 2.24) is 0 Å². The maximum Gasteiger partial charge on any atom is 0.316 e. The molecule has 0 aromatic heterocycles. The summed E-state index contributed by atoms with van der Waals surface area (Å²) in [4.78, 5) is 10.8. The van der Waals surface area contributed by atoms with E-state index in [1.165, 1.54) is 5.56 Å². The molecule has 0 bridgehead atoms. The van der Waals surface area contributed by atoms with Crippen LogP contribution in [0.25, 0.3) is 0 Å². The van der Waals surface area contributed by atoms with Crippen molar-refractivity contribution < 1.29 is 4.79 Å². The van der Waals surface area contributed by atoms with E-state index in [1.54, 1.807) is 0 Å². The van der Waals surface area contributed by atoms with Crippen LogP contribution in [-0.4, -0.2) is 6.03 Å². The molecule has 0 aliphatic carbocycles. The molecule has 104 valence electrons. The number of urea groups is 1. The highest BCUT2D eigenvalue weighted by atomic mass is 16.2. The van der Waals surface area contributed by atoms with E-state index in [1.807, 2.05) is 24.3 Å². The van der Waals surface area contributed by atoms with E-state index in [-0.39, 0.29) is 6.04 Å². The third kappa shape index (κ3) is 3.75. The molecule has 2 aromatic carbocycles. The predicted molar refractivity (Wildman–Crippen MR) is 82.9 cm³/mol. The topological polar surface area (TPSA) is 67.2 Å². The summed E-state index contributed by atoms with van der Waals surface area (Å²) in [6, 6.07) is 15.5. The molecule has 0 saturated carbocycles. The summed E-state index contributed by atoms with van der Waals surface area (Å²) in [7, 11) is 0. The van der Waals surface area contributed by atoms with Crippen LogP contribution in [0.3, 0.4) is 0 Å². The fraction of sp³-hybridized carbons (Fsp3) is 0.188. The predicted octanol–water partition coefficient (Wildman–Crippen LogP) is 3.66. The van der Waals surface area contributed by atoms with Gasteiger partial charge in [-0.15, -0.1) is 0 Å². The fourth-order valence-electron chi connectivity index (χ4n) is 1.98. The van der Waals surface area contributed by atoms with Crippen LogP contribution in [0.4, 0.5) is 16.2 Å². The van der Waals surface area contributed by atoms with Crippen LogP contribution in [-0.2, 0) is 0 Å². The Bertz CT molecular complexity index is 576. The Morgan fingerprint density at radius 1 is 1.00 bits per heavy atom. The zero-order valence-corrected chi connectivity index (χ0v) is 11.7. The van der Waals surface area contributed by atoms with Crippen molar-refractivity contribution in [2.75, 3.05) is 10.6 Å². The monoisotopic (exact) mass is 269 g/mol. The number of amides is 2. The van der Waals surface area contributed by atoms with Gasteiger partial charge in [0.1, 0.15) is 0 Å². The average molecular weight is 269 g/mol. The first-order chi connectivity index (χ1) is 9.54. The highest BCUT2D eigenvalue weighted by molar-refractivity contribution is 5.87. The number of hydrogen-bond acceptors (Lipinski definition) is 2. The summed E-state index contributed by atoms with van der Waals surface area (Å²) in [5.41, 5.74) is 9.24. The number of nitrogens with one attached hydrogen (secondary N) is 2. The minimum absolute atomic E-state index is 0.181. The van der Waals surface area contributed by atoms with Crippen LogP contribution in [0.15, 0.2) is 48.5 Å². The first kappa shape index (κ1) is 13.9. The van der Waals surface area contributed by atoms with Crippen LogP contribution in [0.2, 0.25) is 0 Å². The van der Waals surface area contributed by atoms with Crippen molar-refractivity contribution >= 4 is 17.4 Å². The summed E-state index contributed by atoms with van der Waals surface area (Å²) in [6.07, 6.45) is 0. The third-order valence-electron chi connectivity index (χ3n) is 3.11. The molecule has 1 atom stereocenters. The molecule has 4 nitrogen and oxygen atoms in total. The first-order valence-electron chi connectivity index (χ1n) is 6.54. The number of benzene rings is 2. The van der Waals surface area contributed by atoms with Crippen LogP contribution in [0.1, 0.15) is 24.1 Å². The van der Waals surface area contributed by atoms with Gasteiger partial charge in [0.25, 0.3) is 0 Å². The van der Waals surface area contributed by atoms with E-state index >= 15 is 0 Å². The lowest BCUT2D eigenvalue weighted by Gasteiger charge is -2.16. The normalized spacial score (nSPS) is 11.7. The smallest absolute Gasteiger partial charge is 0.316 e. The van der Waals surface area contributed by atoms with Gasteiger partial charge in [-0.1, -0.05) is 29.8 Å². The molecule has 0 aliphatic heterocycles. The number of carbonyl (C=O) groups is 1. The maximum atomic E-state index is 10.8. The zero-order valence-electron chi connectivity index (χ0n) is 11.7. The molecule has 0 heterocycles. The zero-order chi connectivity index (χ0) is 14.5. The second-order valence-electron chi connectivity index (χ2n) is 4.84. The SMILES string of the molecule is Cc1ccc(NC(C)c2ccc(NC(N)=O)cc2)cc1. The van der Waals surface area contributed by atoms with E-state index < -0.39 is 6.03 Å². The second-order valence-corrected chi connectivity index (χ2v) is 4.84. The Hall–Kier alpha value is -2.49. The van der Waals surface area contributed by atoms with Gasteiger partial charge in [0.15, 0.2) is 0 Å².